The van der Waals surface area contributed by atoms with Crippen molar-refractivity contribution in [3.63, 3.8) is 0 Å². The summed E-state index contributed by atoms with van der Waals surface area (Å²) in [6.07, 6.45) is 3.23. The second-order valence-corrected chi connectivity index (χ2v) is 6.63. The highest BCUT2D eigenvalue weighted by molar-refractivity contribution is 9.10. The number of hydrogen-bond acceptors (Lipinski definition) is 4. The van der Waals surface area contributed by atoms with Gasteiger partial charge in [-0.3, -0.25) is 4.98 Å². The minimum Gasteiger partial charge on any atom is -0.495 e. The number of pyridine rings is 1. The Hall–Kier alpha value is -1.44. The highest BCUT2D eigenvalue weighted by Gasteiger charge is 2.19. The number of nitrogens with zero attached hydrogens (tertiary/aromatic N) is 1. The van der Waals surface area contributed by atoms with Crippen molar-refractivity contribution < 1.29 is 13.2 Å². The molecule has 1 N–H and O–H groups in total. The van der Waals surface area contributed by atoms with E-state index in [-0.39, 0.29) is 11.4 Å². The van der Waals surface area contributed by atoms with Crippen molar-refractivity contribution in [2.45, 2.75) is 11.4 Å². The van der Waals surface area contributed by atoms with E-state index in [1.807, 2.05) is 0 Å². The Bertz CT molecular complexity index is 690. The van der Waals surface area contributed by atoms with Crippen LogP contribution in [0.1, 0.15) is 5.56 Å². The van der Waals surface area contributed by atoms with Crippen LogP contribution in [0.2, 0.25) is 0 Å². The van der Waals surface area contributed by atoms with Crippen LogP contribution in [0.3, 0.4) is 0 Å². The van der Waals surface area contributed by atoms with E-state index in [0.717, 1.165) is 5.56 Å². The third-order valence-electron chi connectivity index (χ3n) is 2.63. The van der Waals surface area contributed by atoms with Crippen molar-refractivity contribution >= 4 is 26.0 Å². The minimum atomic E-state index is -3.65. The van der Waals surface area contributed by atoms with Crippen molar-refractivity contribution in [3.8, 4) is 5.75 Å². The lowest BCUT2D eigenvalue weighted by Crippen LogP contribution is -2.23. The average molecular weight is 357 g/mol. The summed E-state index contributed by atoms with van der Waals surface area (Å²) in [5.41, 5.74) is 0.831. The van der Waals surface area contributed by atoms with Crippen LogP contribution >= 0.6 is 15.9 Å². The van der Waals surface area contributed by atoms with E-state index in [2.05, 4.69) is 25.6 Å². The topological polar surface area (TPSA) is 68.3 Å². The lowest BCUT2D eigenvalue weighted by molar-refractivity contribution is 0.402. The van der Waals surface area contributed by atoms with Crippen molar-refractivity contribution in [2.24, 2.45) is 0 Å². The number of benzene rings is 1. The second kappa shape index (κ2) is 6.34. The van der Waals surface area contributed by atoms with Gasteiger partial charge in [0.15, 0.2) is 0 Å². The van der Waals surface area contributed by atoms with Crippen molar-refractivity contribution in [1.82, 2.24) is 9.71 Å². The summed E-state index contributed by atoms with van der Waals surface area (Å²) in [5.74, 6) is 0.301. The minimum absolute atomic E-state index is 0.100. The van der Waals surface area contributed by atoms with E-state index >= 15 is 0 Å². The van der Waals surface area contributed by atoms with Crippen LogP contribution in [0.5, 0.6) is 5.75 Å². The largest absolute Gasteiger partial charge is 0.495 e. The zero-order valence-electron chi connectivity index (χ0n) is 10.7. The predicted molar refractivity (Wildman–Crippen MR) is 79.0 cm³/mol. The molecule has 0 aliphatic carbocycles. The zero-order valence-corrected chi connectivity index (χ0v) is 13.1. The first-order valence-corrected chi connectivity index (χ1v) is 8.02. The van der Waals surface area contributed by atoms with E-state index in [0.29, 0.717) is 10.2 Å². The SMILES string of the molecule is COc1ccc(Br)cc1S(=O)(=O)NCc1ccncc1. The van der Waals surface area contributed by atoms with Crippen LogP contribution in [0.25, 0.3) is 0 Å². The number of rotatable bonds is 5. The Morgan fingerprint density at radius 1 is 1.25 bits per heavy atom. The molecule has 1 aromatic heterocycles. The number of aromatic nitrogens is 1. The van der Waals surface area contributed by atoms with Gasteiger partial charge in [0, 0.05) is 23.4 Å². The van der Waals surface area contributed by atoms with Gasteiger partial charge >= 0.3 is 0 Å². The highest BCUT2D eigenvalue weighted by Crippen LogP contribution is 2.27. The number of hydrogen-bond donors (Lipinski definition) is 1. The molecule has 106 valence electrons. The van der Waals surface area contributed by atoms with Gasteiger partial charge in [-0.05, 0) is 35.9 Å². The summed E-state index contributed by atoms with van der Waals surface area (Å²) in [7, 11) is -2.21. The maximum Gasteiger partial charge on any atom is 0.244 e. The van der Waals surface area contributed by atoms with Crippen LogP contribution in [0.15, 0.2) is 52.1 Å². The van der Waals surface area contributed by atoms with Gasteiger partial charge in [0.05, 0.1) is 7.11 Å². The summed E-state index contributed by atoms with van der Waals surface area (Å²) in [5, 5.41) is 0. The molecule has 0 atom stereocenters. The quantitative estimate of drug-likeness (QED) is 0.892. The fraction of sp³-hybridized carbons (Fsp3) is 0.154. The normalized spacial score (nSPS) is 11.3. The lowest BCUT2D eigenvalue weighted by Gasteiger charge is -2.11. The number of methoxy groups -OCH3 is 1. The maximum absolute atomic E-state index is 12.3. The fourth-order valence-corrected chi connectivity index (χ4v) is 3.34. The molecule has 1 heterocycles. The van der Waals surface area contributed by atoms with Gasteiger partial charge in [0.25, 0.3) is 0 Å². The van der Waals surface area contributed by atoms with Crippen molar-refractivity contribution in [3.05, 3.63) is 52.8 Å². The third kappa shape index (κ3) is 3.56. The molecule has 0 aliphatic rings. The number of sulfonamides is 1. The van der Waals surface area contributed by atoms with Crippen LogP contribution in [0, 0.1) is 0 Å². The van der Waals surface area contributed by atoms with Crippen LogP contribution < -0.4 is 9.46 Å². The molecule has 5 nitrogen and oxygen atoms in total. The van der Waals surface area contributed by atoms with E-state index in [1.54, 1.807) is 36.7 Å². The van der Waals surface area contributed by atoms with E-state index in [9.17, 15) is 8.42 Å². The first-order valence-electron chi connectivity index (χ1n) is 5.75. The van der Waals surface area contributed by atoms with Gasteiger partial charge in [-0.1, -0.05) is 15.9 Å². The molecule has 0 amide bonds. The lowest BCUT2D eigenvalue weighted by atomic mass is 10.3. The van der Waals surface area contributed by atoms with Gasteiger partial charge in [-0.25, -0.2) is 13.1 Å². The number of nitrogens with one attached hydrogen (secondary N) is 1. The molecule has 0 fully saturated rings. The van der Waals surface area contributed by atoms with Crippen molar-refractivity contribution in [2.75, 3.05) is 7.11 Å². The summed E-state index contributed by atoms with van der Waals surface area (Å²) < 4.78 is 32.9. The Balaban J connectivity index is 2.24. The highest BCUT2D eigenvalue weighted by atomic mass is 79.9. The van der Waals surface area contributed by atoms with Gasteiger partial charge in [0.2, 0.25) is 10.0 Å². The summed E-state index contributed by atoms with van der Waals surface area (Å²) >= 11 is 3.26. The van der Waals surface area contributed by atoms with Gasteiger partial charge < -0.3 is 4.74 Å². The standard InChI is InChI=1S/C13H13BrN2O3S/c1-19-12-3-2-11(14)8-13(12)20(17,18)16-9-10-4-6-15-7-5-10/h2-8,16H,9H2,1H3. The molecule has 7 heteroatoms. The Labute approximate surface area is 126 Å². The number of ether oxygens (including phenoxy) is 1. The number of halogens is 1. The molecule has 0 spiro atoms. The fourth-order valence-electron chi connectivity index (χ4n) is 1.62. The van der Waals surface area contributed by atoms with Gasteiger partial charge in [0.1, 0.15) is 10.6 Å². The molecule has 0 unspecified atom stereocenters. The molecule has 2 aromatic rings. The first-order chi connectivity index (χ1) is 9.53. The summed E-state index contributed by atoms with van der Waals surface area (Å²) in [4.78, 5) is 3.98. The zero-order chi connectivity index (χ0) is 14.6. The molecule has 20 heavy (non-hydrogen) atoms. The first kappa shape index (κ1) is 15.0. The molecular weight excluding hydrogens is 344 g/mol. The molecule has 0 bridgehead atoms. The van der Waals surface area contributed by atoms with Crippen molar-refractivity contribution in [1.29, 1.82) is 0 Å². The average Bonchev–Trinajstić information content (AvgIpc) is 2.46. The maximum atomic E-state index is 12.3. The molecule has 0 aliphatic heterocycles. The van der Waals surface area contributed by atoms with Crippen LogP contribution in [-0.4, -0.2) is 20.5 Å². The Kier molecular flexibility index (Phi) is 4.74. The molecule has 1 aromatic carbocycles. The third-order valence-corrected chi connectivity index (χ3v) is 4.55. The second-order valence-electron chi connectivity index (χ2n) is 3.98. The molecular formula is C13H13BrN2O3S. The van der Waals surface area contributed by atoms with Crippen LogP contribution in [-0.2, 0) is 16.6 Å². The monoisotopic (exact) mass is 356 g/mol. The van der Waals surface area contributed by atoms with E-state index in [4.69, 9.17) is 4.74 Å². The molecule has 2 rings (SSSR count). The summed E-state index contributed by atoms with van der Waals surface area (Å²) in [6.45, 7) is 0.195. The Morgan fingerprint density at radius 2 is 1.95 bits per heavy atom. The molecule has 0 saturated heterocycles. The molecule has 0 saturated carbocycles. The van der Waals surface area contributed by atoms with E-state index < -0.39 is 10.0 Å². The molecule has 0 radical (unpaired) electrons. The van der Waals surface area contributed by atoms with E-state index in [1.165, 1.54) is 13.2 Å². The van der Waals surface area contributed by atoms with Gasteiger partial charge in [-0.2, -0.15) is 0 Å². The van der Waals surface area contributed by atoms with Gasteiger partial charge in [-0.15, -0.1) is 0 Å². The predicted octanol–water partition coefficient (Wildman–Crippen LogP) is 2.33. The Morgan fingerprint density at radius 3 is 2.60 bits per heavy atom. The van der Waals surface area contributed by atoms with Crippen LogP contribution in [0.4, 0.5) is 0 Å². The smallest absolute Gasteiger partial charge is 0.244 e. The summed E-state index contributed by atoms with van der Waals surface area (Å²) in [6, 6.07) is 8.33.